The largest absolute Gasteiger partial charge is 0.466 e. The van der Waals surface area contributed by atoms with Crippen LogP contribution >= 0.6 is 23.2 Å². The number of esters is 2. The van der Waals surface area contributed by atoms with Crippen molar-refractivity contribution in [1.29, 1.82) is 0 Å². The molecule has 1 aromatic rings. The van der Waals surface area contributed by atoms with Gasteiger partial charge in [-0.3, -0.25) is 0 Å². The average Bonchev–Trinajstić information content (AvgIpc) is 2.82. The van der Waals surface area contributed by atoms with Crippen molar-refractivity contribution in [3.8, 4) is 5.75 Å². The Hall–Kier alpha value is -2.76. The van der Waals surface area contributed by atoms with Crippen LogP contribution in [0.3, 0.4) is 0 Å². The smallest absolute Gasteiger partial charge is 0.363 e. The van der Waals surface area contributed by atoms with Gasteiger partial charge in [-0.2, -0.15) is 0 Å². The first kappa shape index (κ1) is 30.3. The molecule has 0 bridgehead atoms. The van der Waals surface area contributed by atoms with Gasteiger partial charge in [0.15, 0.2) is 0 Å². The molecule has 190 valence electrons. The van der Waals surface area contributed by atoms with E-state index in [-0.39, 0.29) is 5.97 Å². The number of allylic oxidation sites excluding steroid dienone is 7. The molecule has 0 amide bonds. The Morgan fingerprint density at radius 3 is 2.34 bits per heavy atom. The first-order valence-electron chi connectivity index (χ1n) is 11.3. The summed E-state index contributed by atoms with van der Waals surface area (Å²) in [4.78, 5) is 23.4. The second kappa shape index (κ2) is 16.8. The molecule has 2 atom stereocenters. The van der Waals surface area contributed by atoms with Crippen LogP contribution in [0.25, 0.3) is 0 Å². The maximum Gasteiger partial charge on any atom is 0.363 e. The van der Waals surface area contributed by atoms with Crippen LogP contribution in [0.1, 0.15) is 46.5 Å². The fraction of sp³-hybridized carbons (Fsp3) is 0.357. The number of rotatable bonds is 14. The standard InChI is InChI=1S/C28H34Cl2O5/c1-20(2)25(35-28(32)27(30)34-24-17-15-23(29)16-18-24)19-14-22(4)12-9-11-21(3)10-7-6-8-13-26(31)33-5/h6-8,10,12-13,15-18,25,27H,1,9,11,14,19H2,2-5H3. The van der Waals surface area contributed by atoms with Gasteiger partial charge in [0.05, 0.1) is 7.11 Å². The zero-order valence-corrected chi connectivity index (χ0v) is 22.3. The lowest BCUT2D eigenvalue weighted by molar-refractivity contribution is -0.152. The van der Waals surface area contributed by atoms with Crippen LogP contribution in [-0.4, -0.2) is 30.7 Å². The summed E-state index contributed by atoms with van der Waals surface area (Å²) in [6.07, 6.45) is 13.6. The number of benzene rings is 1. The van der Waals surface area contributed by atoms with Gasteiger partial charge < -0.3 is 14.2 Å². The molecule has 1 rings (SSSR count). The van der Waals surface area contributed by atoms with Crippen LogP contribution in [0.15, 0.2) is 84.0 Å². The minimum atomic E-state index is -1.27. The van der Waals surface area contributed by atoms with Crippen molar-refractivity contribution in [3.05, 3.63) is 89.0 Å². The van der Waals surface area contributed by atoms with Crippen molar-refractivity contribution in [2.45, 2.75) is 58.1 Å². The molecule has 2 unspecified atom stereocenters. The van der Waals surface area contributed by atoms with Gasteiger partial charge in [-0.15, -0.1) is 0 Å². The molecular weight excluding hydrogens is 487 g/mol. The zero-order valence-electron chi connectivity index (χ0n) is 20.8. The summed E-state index contributed by atoms with van der Waals surface area (Å²) < 4.78 is 15.5. The van der Waals surface area contributed by atoms with E-state index >= 15 is 0 Å². The molecule has 0 heterocycles. The molecule has 0 aliphatic rings. The molecule has 0 spiro atoms. The number of hydrogen-bond donors (Lipinski definition) is 0. The van der Waals surface area contributed by atoms with Crippen molar-refractivity contribution in [2.75, 3.05) is 7.11 Å². The third kappa shape index (κ3) is 13.6. The van der Waals surface area contributed by atoms with Gasteiger partial charge in [-0.1, -0.05) is 71.3 Å². The Balaban J connectivity index is 2.48. The van der Waals surface area contributed by atoms with Crippen molar-refractivity contribution in [2.24, 2.45) is 0 Å². The quantitative estimate of drug-likeness (QED) is 0.0834. The third-order valence-corrected chi connectivity index (χ3v) is 5.43. The second-order valence-electron chi connectivity index (χ2n) is 8.07. The third-order valence-electron chi connectivity index (χ3n) is 4.92. The molecule has 0 aliphatic carbocycles. The molecule has 0 saturated heterocycles. The molecule has 0 aromatic heterocycles. The lowest BCUT2D eigenvalue weighted by atomic mass is 10.0. The normalized spacial score (nSPS) is 14.1. The summed E-state index contributed by atoms with van der Waals surface area (Å²) in [5.41, 5.74) is 1.90. The maximum absolute atomic E-state index is 12.4. The van der Waals surface area contributed by atoms with E-state index in [0.717, 1.165) is 24.8 Å². The summed E-state index contributed by atoms with van der Waals surface area (Å²) in [5.74, 6) is -0.616. The minimum absolute atomic E-state index is 0.381. The molecular formula is C28H34Cl2O5. The van der Waals surface area contributed by atoms with E-state index in [2.05, 4.69) is 31.2 Å². The molecule has 7 heteroatoms. The number of halogens is 2. The van der Waals surface area contributed by atoms with Gasteiger partial charge in [0.2, 0.25) is 0 Å². The number of alkyl halides is 1. The molecule has 0 radical (unpaired) electrons. The van der Waals surface area contributed by atoms with Crippen molar-refractivity contribution in [1.82, 2.24) is 0 Å². The Labute approximate surface area is 218 Å². The molecule has 5 nitrogen and oxygen atoms in total. The predicted octanol–water partition coefficient (Wildman–Crippen LogP) is 7.51. The molecule has 35 heavy (non-hydrogen) atoms. The number of methoxy groups -OCH3 is 1. The first-order chi connectivity index (χ1) is 16.6. The average molecular weight is 521 g/mol. The maximum atomic E-state index is 12.4. The van der Waals surface area contributed by atoms with Gasteiger partial charge >= 0.3 is 11.9 Å². The summed E-state index contributed by atoms with van der Waals surface area (Å²) in [5, 5.41) is 0.560. The van der Waals surface area contributed by atoms with E-state index in [0.29, 0.717) is 17.2 Å². The van der Waals surface area contributed by atoms with Crippen LogP contribution in [-0.2, 0) is 19.1 Å². The van der Waals surface area contributed by atoms with Crippen LogP contribution < -0.4 is 4.74 Å². The first-order valence-corrected chi connectivity index (χ1v) is 12.1. The number of carbonyl (C=O) groups is 2. The molecule has 0 saturated carbocycles. The van der Waals surface area contributed by atoms with Crippen LogP contribution in [0, 0.1) is 0 Å². The van der Waals surface area contributed by atoms with Gasteiger partial charge in [0.1, 0.15) is 11.9 Å². The fourth-order valence-corrected chi connectivity index (χ4v) is 3.14. The minimum Gasteiger partial charge on any atom is -0.466 e. The molecule has 0 aliphatic heterocycles. The summed E-state index contributed by atoms with van der Waals surface area (Å²) in [6.45, 7) is 9.88. The van der Waals surface area contributed by atoms with E-state index < -0.39 is 17.6 Å². The highest BCUT2D eigenvalue weighted by Crippen LogP contribution is 2.21. The lowest BCUT2D eigenvalue weighted by Crippen LogP contribution is -2.29. The van der Waals surface area contributed by atoms with Gasteiger partial charge in [-0.05, 0) is 76.3 Å². The molecule has 1 aromatic carbocycles. The van der Waals surface area contributed by atoms with Crippen LogP contribution in [0.4, 0.5) is 0 Å². The van der Waals surface area contributed by atoms with Gasteiger partial charge in [0.25, 0.3) is 5.56 Å². The Morgan fingerprint density at radius 1 is 1.03 bits per heavy atom. The van der Waals surface area contributed by atoms with E-state index in [9.17, 15) is 9.59 Å². The summed E-state index contributed by atoms with van der Waals surface area (Å²) >= 11 is 11.9. The van der Waals surface area contributed by atoms with E-state index in [1.54, 1.807) is 36.4 Å². The van der Waals surface area contributed by atoms with E-state index in [1.165, 1.54) is 24.3 Å². The second-order valence-corrected chi connectivity index (χ2v) is 8.90. The predicted molar refractivity (Wildman–Crippen MR) is 143 cm³/mol. The van der Waals surface area contributed by atoms with Crippen molar-refractivity contribution >= 4 is 35.1 Å². The number of hydrogen-bond acceptors (Lipinski definition) is 5. The molecule has 0 N–H and O–H groups in total. The van der Waals surface area contributed by atoms with E-state index in [1.807, 2.05) is 19.1 Å². The van der Waals surface area contributed by atoms with Crippen molar-refractivity contribution < 1.29 is 23.8 Å². The highest BCUT2D eigenvalue weighted by atomic mass is 35.5. The number of carbonyl (C=O) groups excluding carboxylic acids is 2. The summed E-state index contributed by atoms with van der Waals surface area (Å²) in [7, 11) is 1.34. The fourth-order valence-electron chi connectivity index (χ4n) is 2.86. The van der Waals surface area contributed by atoms with Gasteiger partial charge in [0, 0.05) is 11.1 Å². The Kier molecular flexibility index (Phi) is 14.5. The van der Waals surface area contributed by atoms with Crippen LogP contribution in [0.2, 0.25) is 5.02 Å². The lowest BCUT2D eigenvalue weighted by Gasteiger charge is -2.20. The Bertz CT molecular complexity index is 958. The van der Waals surface area contributed by atoms with Gasteiger partial charge in [-0.25, -0.2) is 9.59 Å². The SMILES string of the molecule is C=C(C)C(CCC(C)=CCCC(C)=CC=CC=CC(=O)OC)OC(=O)C(Cl)Oc1ccc(Cl)cc1. The van der Waals surface area contributed by atoms with Crippen LogP contribution in [0.5, 0.6) is 5.75 Å². The zero-order chi connectivity index (χ0) is 26.2. The van der Waals surface area contributed by atoms with E-state index in [4.69, 9.17) is 32.7 Å². The monoisotopic (exact) mass is 520 g/mol. The molecule has 0 fully saturated rings. The highest BCUT2D eigenvalue weighted by Gasteiger charge is 2.23. The topological polar surface area (TPSA) is 61.8 Å². The highest BCUT2D eigenvalue weighted by molar-refractivity contribution is 6.30. The van der Waals surface area contributed by atoms with Crippen molar-refractivity contribution in [3.63, 3.8) is 0 Å². The summed E-state index contributed by atoms with van der Waals surface area (Å²) in [6, 6.07) is 6.56. The number of ether oxygens (including phenoxy) is 3. The Morgan fingerprint density at radius 2 is 1.71 bits per heavy atom.